The Morgan fingerprint density at radius 1 is 0.727 bits per heavy atom. The number of furan rings is 1. The van der Waals surface area contributed by atoms with E-state index in [2.05, 4.69) is 66.2 Å². The van der Waals surface area contributed by atoms with Gasteiger partial charge < -0.3 is 4.42 Å². The summed E-state index contributed by atoms with van der Waals surface area (Å²) in [6.45, 7) is 0. The van der Waals surface area contributed by atoms with Gasteiger partial charge in [0.15, 0.2) is 0 Å². The van der Waals surface area contributed by atoms with E-state index in [1.54, 1.807) is 11.8 Å². The van der Waals surface area contributed by atoms with Crippen molar-refractivity contribution in [3.8, 4) is 22.6 Å². The highest BCUT2D eigenvalue weighted by molar-refractivity contribution is 9.11. The van der Waals surface area contributed by atoms with E-state index < -0.39 is 0 Å². The van der Waals surface area contributed by atoms with Crippen molar-refractivity contribution >= 4 is 59.6 Å². The predicted molar refractivity (Wildman–Crippen MR) is 104 cm³/mol. The van der Waals surface area contributed by atoms with Crippen molar-refractivity contribution in [2.45, 2.75) is 4.90 Å². The molecule has 3 aromatic rings. The van der Waals surface area contributed by atoms with Crippen LogP contribution in [0, 0.1) is 0 Å². The molecule has 0 aliphatic carbocycles. The lowest BCUT2D eigenvalue weighted by atomic mass is 10.1. The minimum Gasteiger partial charge on any atom is -0.454 e. The highest BCUT2D eigenvalue weighted by Crippen LogP contribution is 2.45. The predicted octanol–water partition coefficient (Wildman–Crippen LogP) is 7.62. The monoisotopic (exact) mass is 500 g/mol. The lowest BCUT2D eigenvalue weighted by Gasteiger charge is -2.00. The second-order valence-electron chi connectivity index (χ2n) is 4.62. The summed E-state index contributed by atoms with van der Waals surface area (Å²) in [5.41, 5.74) is 2.12. The van der Waals surface area contributed by atoms with Gasteiger partial charge in [0, 0.05) is 20.1 Å². The summed E-state index contributed by atoms with van der Waals surface area (Å²) in [6.07, 6.45) is 2.06. The summed E-state index contributed by atoms with van der Waals surface area (Å²) >= 11 is 12.3. The van der Waals surface area contributed by atoms with Crippen LogP contribution in [0.2, 0.25) is 0 Å². The van der Waals surface area contributed by atoms with Crippen LogP contribution in [0.25, 0.3) is 22.6 Å². The summed E-state index contributed by atoms with van der Waals surface area (Å²) in [6, 6.07) is 16.3. The minimum atomic E-state index is 0.856. The lowest BCUT2D eigenvalue weighted by Crippen LogP contribution is -1.76. The fourth-order valence-corrected chi connectivity index (χ4v) is 4.28. The van der Waals surface area contributed by atoms with Crippen LogP contribution in [-0.2, 0) is 0 Å². The first kappa shape index (κ1) is 16.4. The number of rotatable bonds is 3. The van der Waals surface area contributed by atoms with Crippen LogP contribution in [0.4, 0.5) is 0 Å². The van der Waals surface area contributed by atoms with Gasteiger partial charge in [0.25, 0.3) is 0 Å². The third-order valence-electron chi connectivity index (χ3n) is 3.23. The fourth-order valence-electron chi connectivity index (χ4n) is 2.16. The van der Waals surface area contributed by atoms with Crippen molar-refractivity contribution in [1.29, 1.82) is 0 Å². The van der Waals surface area contributed by atoms with Crippen LogP contribution in [0.15, 0.2) is 71.3 Å². The zero-order valence-electron chi connectivity index (χ0n) is 11.6. The van der Waals surface area contributed by atoms with Crippen LogP contribution in [0.1, 0.15) is 0 Å². The van der Waals surface area contributed by atoms with E-state index in [0.717, 1.165) is 41.0 Å². The molecule has 0 saturated carbocycles. The molecule has 2 aromatic carbocycles. The van der Waals surface area contributed by atoms with Gasteiger partial charge >= 0.3 is 0 Å². The van der Waals surface area contributed by atoms with Gasteiger partial charge in [-0.2, -0.15) is 0 Å². The Labute approximate surface area is 158 Å². The Morgan fingerprint density at radius 3 is 1.64 bits per heavy atom. The van der Waals surface area contributed by atoms with Crippen molar-refractivity contribution in [3.05, 3.63) is 61.9 Å². The Balaban J connectivity index is 2.14. The second kappa shape index (κ2) is 6.95. The molecular weight excluding hydrogens is 492 g/mol. The average molecular weight is 503 g/mol. The van der Waals surface area contributed by atoms with E-state index >= 15 is 0 Å². The van der Waals surface area contributed by atoms with Crippen molar-refractivity contribution < 1.29 is 4.42 Å². The van der Waals surface area contributed by atoms with Crippen LogP contribution in [0.5, 0.6) is 0 Å². The number of hydrogen-bond acceptors (Lipinski definition) is 2. The first-order valence-corrected chi connectivity index (χ1v) is 10.1. The maximum atomic E-state index is 6.19. The summed E-state index contributed by atoms with van der Waals surface area (Å²) < 4.78 is 9.30. The molecule has 1 heterocycles. The molecule has 3 rings (SSSR count). The number of halogens is 3. The number of benzene rings is 2. The van der Waals surface area contributed by atoms with Crippen LogP contribution in [0.3, 0.4) is 0 Å². The van der Waals surface area contributed by atoms with E-state index in [1.165, 1.54) is 0 Å². The summed E-state index contributed by atoms with van der Waals surface area (Å²) in [4.78, 5) is 1.11. The van der Waals surface area contributed by atoms with E-state index in [0.29, 0.717) is 0 Å². The SMILES string of the molecule is CSc1c(-c2ccc(Br)cc2)oc(-c2ccc(Br)cc2)c1Br. The van der Waals surface area contributed by atoms with Crippen molar-refractivity contribution in [2.24, 2.45) is 0 Å². The molecule has 0 N–H and O–H groups in total. The Morgan fingerprint density at radius 2 is 1.18 bits per heavy atom. The first-order valence-electron chi connectivity index (χ1n) is 6.48. The highest BCUT2D eigenvalue weighted by Gasteiger charge is 2.20. The van der Waals surface area contributed by atoms with Gasteiger partial charge in [-0.15, -0.1) is 11.8 Å². The highest BCUT2D eigenvalue weighted by atomic mass is 79.9. The van der Waals surface area contributed by atoms with Gasteiger partial charge in [-0.1, -0.05) is 56.1 Å². The van der Waals surface area contributed by atoms with Crippen molar-refractivity contribution in [1.82, 2.24) is 0 Å². The molecule has 0 atom stereocenters. The zero-order chi connectivity index (χ0) is 15.7. The third-order valence-corrected chi connectivity index (χ3v) is 6.10. The van der Waals surface area contributed by atoms with Gasteiger partial charge in [-0.25, -0.2) is 0 Å². The van der Waals surface area contributed by atoms with Gasteiger partial charge in [0.1, 0.15) is 11.5 Å². The Hall–Kier alpha value is -0.490. The molecule has 0 unspecified atom stereocenters. The van der Waals surface area contributed by atoms with E-state index in [9.17, 15) is 0 Å². The summed E-state index contributed by atoms with van der Waals surface area (Å²) in [7, 11) is 0. The average Bonchev–Trinajstić information content (AvgIpc) is 2.85. The maximum Gasteiger partial charge on any atom is 0.150 e. The van der Waals surface area contributed by atoms with Gasteiger partial charge in [-0.3, -0.25) is 0 Å². The first-order chi connectivity index (χ1) is 10.6. The summed E-state index contributed by atoms with van der Waals surface area (Å²) in [5.74, 6) is 1.75. The van der Waals surface area contributed by atoms with Crippen LogP contribution in [-0.4, -0.2) is 6.26 Å². The minimum absolute atomic E-state index is 0.856. The van der Waals surface area contributed by atoms with E-state index in [1.807, 2.05) is 36.4 Å². The normalized spacial score (nSPS) is 10.9. The fraction of sp³-hybridized carbons (Fsp3) is 0.0588. The smallest absolute Gasteiger partial charge is 0.150 e. The summed E-state index contributed by atoms with van der Waals surface area (Å²) in [5, 5.41) is 0. The standard InChI is InChI=1S/C17H11Br3OS/c1-22-17-14(20)15(10-2-6-12(18)7-3-10)21-16(17)11-4-8-13(19)9-5-11/h2-9H,1H3. The molecule has 0 bridgehead atoms. The molecule has 0 aliphatic rings. The van der Waals surface area contributed by atoms with Gasteiger partial charge in [-0.05, 0) is 46.5 Å². The van der Waals surface area contributed by atoms with Crippen LogP contribution < -0.4 is 0 Å². The Bertz CT molecular complexity index is 792. The molecule has 0 fully saturated rings. The van der Waals surface area contributed by atoms with Crippen LogP contribution >= 0.6 is 59.6 Å². The maximum absolute atomic E-state index is 6.19. The zero-order valence-corrected chi connectivity index (χ0v) is 17.1. The molecule has 112 valence electrons. The van der Waals surface area contributed by atoms with Crippen molar-refractivity contribution in [2.75, 3.05) is 6.26 Å². The molecule has 1 nitrogen and oxygen atoms in total. The molecule has 1 aromatic heterocycles. The number of thioether (sulfide) groups is 1. The quantitative estimate of drug-likeness (QED) is 0.342. The topological polar surface area (TPSA) is 13.1 Å². The molecule has 0 aliphatic heterocycles. The third kappa shape index (κ3) is 3.23. The molecule has 0 amide bonds. The molecule has 22 heavy (non-hydrogen) atoms. The molecule has 0 radical (unpaired) electrons. The second-order valence-corrected chi connectivity index (χ2v) is 8.06. The van der Waals surface area contributed by atoms with E-state index in [-0.39, 0.29) is 0 Å². The van der Waals surface area contributed by atoms with E-state index in [4.69, 9.17) is 4.42 Å². The lowest BCUT2D eigenvalue weighted by molar-refractivity contribution is 0.591. The van der Waals surface area contributed by atoms with Gasteiger partial charge in [0.2, 0.25) is 0 Å². The molecular formula is C17H11Br3OS. The number of hydrogen-bond donors (Lipinski definition) is 0. The molecule has 5 heteroatoms. The Kier molecular flexibility index (Phi) is 5.17. The van der Waals surface area contributed by atoms with Crippen molar-refractivity contribution in [3.63, 3.8) is 0 Å². The van der Waals surface area contributed by atoms with Gasteiger partial charge in [0.05, 0.1) is 9.37 Å². The largest absolute Gasteiger partial charge is 0.454 e. The molecule has 0 spiro atoms. The molecule has 0 saturated heterocycles.